The monoisotopic (exact) mass is 433 g/mol. The van der Waals surface area contributed by atoms with Crippen molar-refractivity contribution in [2.24, 2.45) is 0 Å². The Morgan fingerprint density at radius 1 is 1.06 bits per heavy atom. The van der Waals surface area contributed by atoms with Crippen LogP contribution in [-0.4, -0.2) is 87.8 Å². The van der Waals surface area contributed by atoms with Crippen LogP contribution in [-0.2, 0) is 14.3 Å². The van der Waals surface area contributed by atoms with Crippen molar-refractivity contribution < 1.29 is 23.8 Å². The number of nitrogens with one attached hydrogen (secondary N) is 1. The first-order valence-corrected chi connectivity index (χ1v) is 10.9. The Bertz CT molecular complexity index is 730. The molecule has 172 valence electrons. The van der Waals surface area contributed by atoms with Gasteiger partial charge in [-0.2, -0.15) is 0 Å². The van der Waals surface area contributed by atoms with E-state index in [1.807, 2.05) is 36.9 Å². The van der Waals surface area contributed by atoms with E-state index in [9.17, 15) is 9.59 Å². The lowest BCUT2D eigenvalue weighted by Crippen LogP contribution is -2.50. The van der Waals surface area contributed by atoms with E-state index in [0.717, 1.165) is 12.0 Å². The van der Waals surface area contributed by atoms with Crippen LogP contribution in [0.3, 0.4) is 0 Å². The highest BCUT2D eigenvalue weighted by Gasteiger charge is 2.21. The van der Waals surface area contributed by atoms with Crippen molar-refractivity contribution in [3.8, 4) is 11.5 Å². The molecule has 1 heterocycles. The summed E-state index contributed by atoms with van der Waals surface area (Å²) in [7, 11) is 1.65. The van der Waals surface area contributed by atoms with Crippen LogP contribution in [0.4, 0.5) is 0 Å². The summed E-state index contributed by atoms with van der Waals surface area (Å²) in [5.74, 6) is 1.35. The van der Waals surface area contributed by atoms with Crippen LogP contribution in [0.1, 0.15) is 25.8 Å². The SMILES string of the molecule is CCOc1ccc(/C=C/C(=O)N2CCN(CC(=O)NCCCOC)CC2)cc1OCC. The maximum atomic E-state index is 12.6. The summed E-state index contributed by atoms with van der Waals surface area (Å²) >= 11 is 0. The first kappa shape index (κ1) is 24.7. The van der Waals surface area contributed by atoms with Gasteiger partial charge in [-0.15, -0.1) is 0 Å². The summed E-state index contributed by atoms with van der Waals surface area (Å²) < 4.78 is 16.2. The highest BCUT2D eigenvalue weighted by molar-refractivity contribution is 5.92. The number of ether oxygens (including phenoxy) is 3. The Morgan fingerprint density at radius 3 is 2.45 bits per heavy atom. The van der Waals surface area contributed by atoms with Gasteiger partial charge in [0.05, 0.1) is 19.8 Å². The van der Waals surface area contributed by atoms with Crippen molar-refractivity contribution in [2.75, 3.05) is 66.2 Å². The van der Waals surface area contributed by atoms with Crippen LogP contribution in [0.25, 0.3) is 6.08 Å². The molecular weight excluding hydrogens is 398 g/mol. The summed E-state index contributed by atoms with van der Waals surface area (Å²) in [5.41, 5.74) is 0.879. The minimum absolute atomic E-state index is 0.0105. The zero-order valence-electron chi connectivity index (χ0n) is 18.9. The fraction of sp³-hybridized carbons (Fsp3) is 0.565. The Labute approximate surface area is 185 Å². The van der Waals surface area contributed by atoms with Crippen LogP contribution in [0.2, 0.25) is 0 Å². The van der Waals surface area contributed by atoms with Crippen LogP contribution in [0.15, 0.2) is 24.3 Å². The molecule has 1 aliphatic heterocycles. The number of benzene rings is 1. The average molecular weight is 434 g/mol. The Balaban J connectivity index is 1.80. The summed E-state index contributed by atoms with van der Waals surface area (Å²) in [6, 6.07) is 5.64. The van der Waals surface area contributed by atoms with Crippen molar-refractivity contribution in [2.45, 2.75) is 20.3 Å². The van der Waals surface area contributed by atoms with Gasteiger partial charge in [-0.05, 0) is 44.0 Å². The molecule has 8 nitrogen and oxygen atoms in total. The number of methoxy groups -OCH3 is 1. The van der Waals surface area contributed by atoms with Crippen molar-refractivity contribution >= 4 is 17.9 Å². The lowest BCUT2D eigenvalue weighted by molar-refractivity contribution is -0.128. The molecule has 2 rings (SSSR count). The van der Waals surface area contributed by atoms with Crippen LogP contribution in [0.5, 0.6) is 11.5 Å². The van der Waals surface area contributed by atoms with Crippen molar-refractivity contribution in [3.05, 3.63) is 29.8 Å². The second-order valence-electron chi connectivity index (χ2n) is 7.20. The lowest BCUT2D eigenvalue weighted by Gasteiger charge is -2.33. The molecule has 0 unspecified atom stereocenters. The van der Waals surface area contributed by atoms with Crippen LogP contribution < -0.4 is 14.8 Å². The van der Waals surface area contributed by atoms with Gasteiger partial charge in [-0.1, -0.05) is 6.07 Å². The molecule has 1 aliphatic rings. The fourth-order valence-corrected chi connectivity index (χ4v) is 3.27. The van der Waals surface area contributed by atoms with Crippen molar-refractivity contribution in [1.82, 2.24) is 15.1 Å². The number of amides is 2. The molecule has 0 spiro atoms. The largest absolute Gasteiger partial charge is 0.490 e. The van der Waals surface area contributed by atoms with E-state index in [0.29, 0.717) is 70.6 Å². The third kappa shape index (κ3) is 8.59. The van der Waals surface area contributed by atoms with E-state index < -0.39 is 0 Å². The Kier molecular flexibility index (Phi) is 10.9. The number of carbonyl (C=O) groups is 2. The van der Waals surface area contributed by atoms with Gasteiger partial charge >= 0.3 is 0 Å². The third-order valence-electron chi connectivity index (χ3n) is 4.88. The molecule has 0 bridgehead atoms. The molecule has 1 fully saturated rings. The highest BCUT2D eigenvalue weighted by Crippen LogP contribution is 2.29. The van der Waals surface area contributed by atoms with E-state index >= 15 is 0 Å². The van der Waals surface area contributed by atoms with Gasteiger partial charge in [-0.3, -0.25) is 14.5 Å². The number of rotatable bonds is 12. The molecule has 0 saturated carbocycles. The quantitative estimate of drug-likeness (QED) is 0.400. The summed E-state index contributed by atoms with van der Waals surface area (Å²) in [6.45, 7) is 9.15. The molecule has 0 aliphatic carbocycles. The van der Waals surface area contributed by atoms with Gasteiger partial charge in [-0.25, -0.2) is 0 Å². The van der Waals surface area contributed by atoms with E-state index in [-0.39, 0.29) is 11.8 Å². The standard InChI is InChI=1S/C23H35N3O5/c1-4-30-20-9-7-19(17-21(20)31-5-2)8-10-23(28)26-14-12-25(13-15-26)18-22(27)24-11-6-16-29-3/h7-10,17H,4-6,11-16,18H2,1-3H3,(H,24,27)/b10-8+. The molecule has 31 heavy (non-hydrogen) atoms. The Hall–Kier alpha value is -2.58. The molecule has 1 saturated heterocycles. The molecule has 1 aromatic carbocycles. The number of carbonyl (C=O) groups excluding carboxylic acids is 2. The summed E-state index contributed by atoms with van der Waals surface area (Å²) in [6.07, 6.45) is 4.18. The minimum atomic E-state index is -0.0319. The topological polar surface area (TPSA) is 80.3 Å². The van der Waals surface area contributed by atoms with E-state index in [4.69, 9.17) is 14.2 Å². The molecule has 1 N–H and O–H groups in total. The third-order valence-corrected chi connectivity index (χ3v) is 4.88. The van der Waals surface area contributed by atoms with Gasteiger partial charge in [0.1, 0.15) is 0 Å². The average Bonchev–Trinajstić information content (AvgIpc) is 2.77. The number of nitrogens with zero attached hydrogens (tertiary/aromatic N) is 2. The maximum absolute atomic E-state index is 12.6. The predicted octanol–water partition coefficient (Wildman–Crippen LogP) is 1.79. The molecule has 1 aromatic rings. The van der Waals surface area contributed by atoms with Gasteiger partial charge in [0, 0.05) is 52.5 Å². The molecule has 8 heteroatoms. The Morgan fingerprint density at radius 2 is 1.77 bits per heavy atom. The normalized spacial score (nSPS) is 14.6. The number of hydrogen-bond acceptors (Lipinski definition) is 6. The predicted molar refractivity (Wildman–Crippen MR) is 120 cm³/mol. The number of piperazine rings is 1. The van der Waals surface area contributed by atoms with Crippen molar-refractivity contribution in [3.63, 3.8) is 0 Å². The van der Waals surface area contributed by atoms with E-state index in [1.165, 1.54) is 0 Å². The van der Waals surface area contributed by atoms with Gasteiger partial charge < -0.3 is 24.4 Å². The van der Waals surface area contributed by atoms with Crippen LogP contribution >= 0.6 is 0 Å². The highest BCUT2D eigenvalue weighted by atomic mass is 16.5. The zero-order valence-corrected chi connectivity index (χ0v) is 18.9. The van der Waals surface area contributed by atoms with Gasteiger partial charge in [0.15, 0.2) is 11.5 Å². The van der Waals surface area contributed by atoms with Gasteiger partial charge in [0.2, 0.25) is 11.8 Å². The lowest BCUT2D eigenvalue weighted by atomic mass is 10.2. The first-order chi connectivity index (χ1) is 15.1. The fourth-order valence-electron chi connectivity index (χ4n) is 3.27. The smallest absolute Gasteiger partial charge is 0.246 e. The zero-order chi connectivity index (χ0) is 22.5. The maximum Gasteiger partial charge on any atom is 0.246 e. The van der Waals surface area contributed by atoms with Gasteiger partial charge in [0.25, 0.3) is 0 Å². The second kappa shape index (κ2) is 13.7. The number of hydrogen-bond donors (Lipinski definition) is 1. The molecule has 0 atom stereocenters. The second-order valence-corrected chi connectivity index (χ2v) is 7.20. The first-order valence-electron chi connectivity index (χ1n) is 10.9. The summed E-state index contributed by atoms with van der Waals surface area (Å²) in [4.78, 5) is 28.4. The molecular formula is C23H35N3O5. The van der Waals surface area contributed by atoms with E-state index in [2.05, 4.69) is 10.2 Å². The van der Waals surface area contributed by atoms with E-state index in [1.54, 1.807) is 19.3 Å². The summed E-state index contributed by atoms with van der Waals surface area (Å²) in [5, 5.41) is 2.89. The molecule has 0 aromatic heterocycles. The minimum Gasteiger partial charge on any atom is -0.490 e. The van der Waals surface area contributed by atoms with Crippen LogP contribution in [0, 0.1) is 0 Å². The molecule has 0 radical (unpaired) electrons. The van der Waals surface area contributed by atoms with Crippen molar-refractivity contribution in [1.29, 1.82) is 0 Å². The molecule has 2 amide bonds.